The van der Waals surface area contributed by atoms with Gasteiger partial charge in [-0.05, 0) is 52.3 Å². The van der Waals surface area contributed by atoms with Crippen LogP contribution in [0.15, 0.2) is 57.4 Å². The lowest BCUT2D eigenvalue weighted by Crippen LogP contribution is -1.84. The van der Waals surface area contributed by atoms with Crippen molar-refractivity contribution < 1.29 is 9.15 Å². The summed E-state index contributed by atoms with van der Waals surface area (Å²) >= 11 is 9.52. The van der Waals surface area contributed by atoms with E-state index in [0.29, 0.717) is 33.7 Å². The number of halogens is 2. The molecule has 0 aliphatic heterocycles. The molecule has 0 aliphatic rings. The summed E-state index contributed by atoms with van der Waals surface area (Å²) in [7, 11) is 1.60. The molecule has 0 radical (unpaired) electrons. The molecule has 4 aromatic rings. The number of hydrogen-bond donors (Lipinski definition) is 1. The first kappa shape index (κ1) is 18.4. The zero-order valence-electron chi connectivity index (χ0n) is 14.7. The normalized spacial score (nSPS) is 11.6. The number of rotatable bonds is 4. The van der Waals surface area contributed by atoms with Crippen LogP contribution < -0.4 is 4.74 Å². The number of imidazole rings is 1. The van der Waals surface area contributed by atoms with Crippen molar-refractivity contribution in [1.29, 1.82) is 5.26 Å². The first-order chi connectivity index (χ1) is 13.6. The summed E-state index contributed by atoms with van der Waals surface area (Å²) in [6.45, 7) is 0. The first-order valence-electron chi connectivity index (χ1n) is 8.28. The summed E-state index contributed by atoms with van der Waals surface area (Å²) in [5.74, 6) is 2.39. The Morgan fingerprint density at radius 2 is 2.11 bits per heavy atom. The molecule has 0 saturated heterocycles. The Balaban J connectivity index is 1.68. The lowest BCUT2D eigenvalue weighted by molar-refractivity contribution is 0.415. The van der Waals surface area contributed by atoms with Crippen molar-refractivity contribution in [3.05, 3.63) is 69.6 Å². The second-order valence-electron chi connectivity index (χ2n) is 5.97. The number of methoxy groups -OCH3 is 1. The summed E-state index contributed by atoms with van der Waals surface area (Å²) in [5, 5.41) is 10.2. The maximum Gasteiger partial charge on any atom is 0.149 e. The molecule has 0 aliphatic carbocycles. The lowest BCUT2D eigenvalue weighted by Gasteiger charge is -2.00. The number of hydrogen-bond acceptors (Lipinski definition) is 4. The second-order valence-corrected chi connectivity index (χ2v) is 7.23. The average molecular weight is 455 g/mol. The van der Waals surface area contributed by atoms with Gasteiger partial charge < -0.3 is 14.1 Å². The molecule has 28 heavy (non-hydrogen) atoms. The molecule has 0 bridgehead atoms. The minimum Gasteiger partial charge on any atom is -0.497 e. The Morgan fingerprint density at radius 1 is 1.25 bits per heavy atom. The number of nitriles is 1. The highest BCUT2D eigenvalue weighted by Crippen LogP contribution is 2.31. The van der Waals surface area contributed by atoms with Crippen LogP contribution in [0.25, 0.3) is 34.0 Å². The summed E-state index contributed by atoms with van der Waals surface area (Å²) in [6, 6.07) is 16.9. The third-order valence-corrected chi connectivity index (χ3v) is 5.41. The lowest BCUT2D eigenvalue weighted by atomic mass is 10.2. The molecule has 138 valence electrons. The number of furan rings is 1. The Labute approximate surface area is 174 Å². The zero-order valence-corrected chi connectivity index (χ0v) is 17.0. The van der Waals surface area contributed by atoms with E-state index in [1.807, 2.05) is 42.5 Å². The second kappa shape index (κ2) is 7.55. The molecule has 4 rings (SSSR count). The number of aromatic nitrogens is 2. The van der Waals surface area contributed by atoms with Crippen LogP contribution in [0.4, 0.5) is 0 Å². The van der Waals surface area contributed by atoms with Crippen LogP contribution >= 0.6 is 27.5 Å². The van der Waals surface area contributed by atoms with E-state index in [-0.39, 0.29) is 0 Å². The van der Waals surface area contributed by atoms with E-state index in [1.165, 1.54) is 0 Å². The Kier molecular flexibility index (Phi) is 4.95. The number of H-pyrrole nitrogens is 1. The van der Waals surface area contributed by atoms with Crippen LogP contribution in [0, 0.1) is 11.3 Å². The van der Waals surface area contributed by atoms with Crippen LogP contribution in [-0.4, -0.2) is 17.1 Å². The van der Waals surface area contributed by atoms with Crippen LogP contribution in [0.1, 0.15) is 11.6 Å². The number of aromatic amines is 1. The van der Waals surface area contributed by atoms with Crippen LogP contribution in [0.3, 0.4) is 0 Å². The van der Waals surface area contributed by atoms with Crippen molar-refractivity contribution >= 4 is 50.2 Å². The van der Waals surface area contributed by atoms with Gasteiger partial charge in [-0.3, -0.25) is 0 Å². The van der Waals surface area contributed by atoms with Gasteiger partial charge >= 0.3 is 0 Å². The summed E-state index contributed by atoms with van der Waals surface area (Å²) in [4.78, 5) is 7.62. The van der Waals surface area contributed by atoms with Gasteiger partial charge in [0.25, 0.3) is 0 Å². The summed E-state index contributed by atoms with van der Waals surface area (Å²) < 4.78 is 11.9. The van der Waals surface area contributed by atoms with Crippen molar-refractivity contribution in [2.45, 2.75) is 0 Å². The number of nitrogens with zero attached hydrogens (tertiary/aromatic N) is 2. The van der Waals surface area contributed by atoms with Gasteiger partial charge in [0.05, 0.1) is 28.7 Å². The molecular weight excluding hydrogens is 442 g/mol. The highest BCUT2D eigenvalue weighted by Gasteiger charge is 2.11. The molecular formula is C21H13BrClN3O2. The molecule has 0 saturated carbocycles. The van der Waals surface area contributed by atoms with Crippen molar-refractivity contribution in [2.24, 2.45) is 0 Å². The van der Waals surface area contributed by atoms with Gasteiger partial charge in [-0.15, -0.1) is 0 Å². The Hall–Kier alpha value is -3.01. The third kappa shape index (κ3) is 3.55. The maximum atomic E-state index is 9.59. The number of allylic oxidation sites excluding steroid dienone is 1. The van der Waals surface area contributed by atoms with Crippen molar-refractivity contribution in [3.63, 3.8) is 0 Å². The molecule has 2 aromatic carbocycles. The Bertz CT molecular complexity index is 1250. The van der Waals surface area contributed by atoms with E-state index in [2.05, 4.69) is 32.0 Å². The molecule has 1 N–H and O–H groups in total. The van der Waals surface area contributed by atoms with E-state index in [9.17, 15) is 5.26 Å². The minimum absolute atomic E-state index is 0.366. The molecule has 2 heterocycles. The number of ether oxygens (including phenoxy) is 1. The van der Waals surface area contributed by atoms with Crippen LogP contribution in [0.2, 0.25) is 5.02 Å². The topological polar surface area (TPSA) is 74.8 Å². The number of benzene rings is 2. The fraction of sp³-hybridized carbons (Fsp3) is 0.0476. The van der Waals surface area contributed by atoms with Gasteiger partial charge in [0.1, 0.15) is 29.2 Å². The molecule has 0 fully saturated rings. The molecule has 0 spiro atoms. The molecule has 0 atom stereocenters. The fourth-order valence-corrected chi connectivity index (χ4v) is 3.20. The van der Waals surface area contributed by atoms with E-state index < -0.39 is 0 Å². The van der Waals surface area contributed by atoms with Gasteiger partial charge in [-0.1, -0.05) is 17.7 Å². The smallest absolute Gasteiger partial charge is 0.149 e. The molecule has 7 heteroatoms. The van der Waals surface area contributed by atoms with Crippen molar-refractivity contribution in [1.82, 2.24) is 9.97 Å². The van der Waals surface area contributed by atoms with Gasteiger partial charge in [0.15, 0.2) is 0 Å². The largest absolute Gasteiger partial charge is 0.497 e. The van der Waals surface area contributed by atoms with Crippen LogP contribution in [0.5, 0.6) is 5.75 Å². The highest BCUT2D eigenvalue weighted by atomic mass is 79.9. The third-order valence-electron chi connectivity index (χ3n) is 4.18. The SMILES string of the molecule is COc1ccc2nc(/C(C#N)=C/c3ccc(-c4ccc(Br)c(Cl)c4)o3)[nH]c2c1. The molecule has 0 amide bonds. The zero-order chi connectivity index (χ0) is 19.7. The predicted molar refractivity (Wildman–Crippen MR) is 113 cm³/mol. The standard InChI is InChI=1S/C21H13BrClN3O2/c1-27-14-3-6-18-19(10-14)26-21(25-18)13(11-24)8-15-4-7-20(28-15)12-2-5-16(22)17(23)9-12/h2-10H,1H3,(H,25,26)/b13-8+. The first-order valence-corrected chi connectivity index (χ1v) is 9.45. The number of fused-ring (bicyclic) bond motifs is 1. The van der Waals surface area contributed by atoms with E-state index in [4.69, 9.17) is 20.8 Å². The van der Waals surface area contributed by atoms with Gasteiger partial charge in [0, 0.05) is 22.2 Å². The van der Waals surface area contributed by atoms with Crippen LogP contribution in [-0.2, 0) is 0 Å². The van der Waals surface area contributed by atoms with Gasteiger partial charge in [-0.25, -0.2) is 4.98 Å². The number of nitrogens with one attached hydrogen (secondary N) is 1. The monoisotopic (exact) mass is 453 g/mol. The van der Waals surface area contributed by atoms with E-state index in [0.717, 1.165) is 21.1 Å². The van der Waals surface area contributed by atoms with Crippen molar-refractivity contribution in [3.8, 4) is 23.1 Å². The maximum absolute atomic E-state index is 9.59. The summed E-state index contributed by atoms with van der Waals surface area (Å²) in [6.07, 6.45) is 1.65. The van der Waals surface area contributed by atoms with Gasteiger partial charge in [0.2, 0.25) is 0 Å². The minimum atomic E-state index is 0.366. The fourth-order valence-electron chi connectivity index (χ4n) is 2.77. The van der Waals surface area contributed by atoms with E-state index >= 15 is 0 Å². The average Bonchev–Trinajstić information content (AvgIpc) is 3.34. The quantitative estimate of drug-likeness (QED) is 0.367. The molecule has 0 unspecified atom stereocenters. The molecule has 5 nitrogen and oxygen atoms in total. The predicted octanol–water partition coefficient (Wildman–Crippen LogP) is 6.31. The van der Waals surface area contributed by atoms with Gasteiger partial charge in [-0.2, -0.15) is 5.26 Å². The van der Waals surface area contributed by atoms with Crippen molar-refractivity contribution in [2.75, 3.05) is 7.11 Å². The molecule has 2 aromatic heterocycles. The summed E-state index contributed by atoms with van der Waals surface area (Å²) in [5.41, 5.74) is 2.76. The highest BCUT2D eigenvalue weighted by molar-refractivity contribution is 9.10. The van der Waals surface area contributed by atoms with E-state index in [1.54, 1.807) is 19.3 Å². The Morgan fingerprint density at radius 3 is 2.86 bits per heavy atom.